The number of aryl methyl sites for hydroxylation is 1. The Morgan fingerprint density at radius 1 is 1.17 bits per heavy atom. The number of rotatable bonds is 5. The molecule has 1 aromatic rings. The number of nitrogens with one attached hydrogen (secondary N) is 1. The normalized spacial score (nSPS) is 23.6. The number of hydrogen-bond acceptors (Lipinski definition) is 5. The van der Waals surface area contributed by atoms with Gasteiger partial charge in [-0.3, -0.25) is 14.9 Å². The lowest BCUT2D eigenvalue weighted by Gasteiger charge is -2.48. The molecule has 0 saturated carbocycles. The third kappa shape index (κ3) is 3.90. The van der Waals surface area contributed by atoms with E-state index in [1.165, 1.54) is 32.4 Å². The van der Waals surface area contributed by atoms with E-state index in [4.69, 9.17) is 4.74 Å². The highest BCUT2D eigenvalue weighted by Crippen LogP contribution is 2.31. The number of nitrogens with zero attached hydrogens (tertiary/aromatic N) is 3. The lowest BCUT2D eigenvalue weighted by atomic mass is 9.85. The minimum Gasteiger partial charge on any atom is -0.381 e. The number of piperidine rings is 1. The molecule has 1 unspecified atom stereocenters. The molecule has 23 heavy (non-hydrogen) atoms. The SMILES string of the molecule is Cc1nccnc1C(C)NCC1(N2CCCCC2)CCOCC1. The Morgan fingerprint density at radius 3 is 2.57 bits per heavy atom. The van der Waals surface area contributed by atoms with Gasteiger partial charge in [-0.1, -0.05) is 6.42 Å². The smallest absolute Gasteiger partial charge is 0.0782 e. The Bertz CT molecular complexity index is 496. The first kappa shape index (κ1) is 16.8. The lowest BCUT2D eigenvalue weighted by Crippen LogP contribution is -2.59. The van der Waals surface area contributed by atoms with Crippen LogP contribution in [0.3, 0.4) is 0 Å². The monoisotopic (exact) mass is 318 g/mol. The Labute approximate surface area is 139 Å². The fraction of sp³-hybridized carbons (Fsp3) is 0.778. The molecule has 0 bridgehead atoms. The van der Waals surface area contributed by atoms with Gasteiger partial charge in [0.1, 0.15) is 0 Å². The van der Waals surface area contributed by atoms with E-state index in [1.807, 2.05) is 6.92 Å². The van der Waals surface area contributed by atoms with Crippen molar-refractivity contribution in [1.82, 2.24) is 20.2 Å². The number of likely N-dealkylation sites (tertiary alicyclic amines) is 1. The molecule has 2 saturated heterocycles. The highest BCUT2D eigenvalue weighted by molar-refractivity contribution is 5.12. The second-order valence-electron chi connectivity index (χ2n) is 7.01. The standard InChI is InChI=1S/C18H30N4O/c1-15-17(20-9-8-19-15)16(2)21-14-18(6-12-23-13-7-18)22-10-4-3-5-11-22/h8-9,16,21H,3-7,10-14H2,1-2H3. The first-order valence-electron chi connectivity index (χ1n) is 9.05. The van der Waals surface area contributed by atoms with Gasteiger partial charge in [0.25, 0.3) is 0 Å². The van der Waals surface area contributed by atoms with Gasteiger partial charge in [-0.2, -0.15) is 0 Å². The van der Waals surface area contributed by atoms with Gasteiger partial charge in [-0.05, 0) is 52.6 Å². The molecule has 0 amide bonds. The van der Waals surface area contributed by atoms with E-state index in [0.717, 1.165) is 44.0 Å². The van der Waals surface area contributed by atoms with Crippen molar-refractivity contribution in [3.8, 4) is 0 Å². The molecule has 0 spiro atoms. The molecule has 5 heteroatoms. The first-order chi connectivity index (χ1) is 11.2. The van der Waals surface area contributed by atoms with Crippen molar-refractivity contribution in [2.75, 3.05) is 32.8 Å². The summed E-state index contributed by atoms with van der Waals surface area (Å²) in [5.74, 6) is 0. The van der Waals surface area contributed by atoms with E-state index in [0.29, 0.717) is 0 Å². The van der Waals surface area contributed by atoms with Crippen molar-refractivity contribution in [1.29, 1.82) is 0 Å². The molecule has 1 atom stereocenters. The van der Waals surface area contributed by atoms with E-state index >= 15 is 0 Å². The average Bonchev–Trinajstić information content (AvgIpc) is 2.62. The summed E-state index contributed by atoms with van der Waals surface area (Å²) in [6.45, 7) is 9.48. The maximum absolute atomic E-state index is 5.65. The van der Waals surface area contributed by atoms with Gasteiger partial charge >= 0.3 is 0 Å². The van der Waals surface area contributed by atoms with Crippen LogP contribution in [0.1, 0.15) is 56.5 Å². The van der Waals surface area contributed by atoms with Gasteiger partial charge in [-0.25, -0.2) is 0 Å². The van der Waals surface area contributed by atoms with Crippen molar-refractivity contribution in [2.24, 2.45) is 0 Å². The minimum atomic E-state index is 0.230. The second-order valence-corrected chi connectivity index (χ2v) is 7.01. The lowest BCUT2D eigenvalue weighted by molar-refractivity contribution is -0.0367. The third-order valence-corrected chi connectivity index (χ3v) is 5.52. The maximum atomic E-state index is 5.65. The number of hydrogen-bond donors (Lipinski definition) is 1. The predicted octanol–water partition coefficient (Wildman–Crippen LogP) is 2.47. The van der Waals surface area contributed by atoms with Crippen molar-refractivity contribution < 1.29 is 4.74 Å². The van der Waals surface area contributed by atoms with E-state index < -0.39 is 0 Å². The van der Waals surface area contributed by atoms with Gasteiger partial charge in [0, 0.05) is 43.7 Å². The van der Waals surface area contributed by atoms with Crippen molar-refractivity contribution >= 4 is 0 Å². The summed E-state index contributed by atoms with van der Waals surface area (Å²) >= 11 is 0. The molecule has 5 nitrogen and oxygen atoms in total. The quantitative estimate of drug-likeness (QED) is 0.904. The van der Waals surface area contributed by atoms with Crippen LogP contribution in [0, 0.1) is 6.92 Å². The Hall–Kier alpha value is -1.04. The summed E-state index contributed by atoms with van der Waals surface area (Å²) in [5, 5.41) is 3.75. The highest BCUT2D eigenvalue weighted by Gasteiger charge is 2.39. The zero-order chi connectivity index (χ0) is 16.1. The van der Waals surface area contributed by atoms with Crippen molar-refractivity contribution in [3.05, 3.63) is 23.8 Å². The second kappa shape index (κ2) is 7.69. The van der Waals surface area contributed by atoms with Gasteiger partial charge in [-0.15, -0.1) is 0 Å². The van der Waals surface area contributed by atoms with E-state index in [9.17, 15) is 0 Å². The Balaban J connectivity index is 1.67. The molecular weight excluding hydrogens is 288 g/mol. The van der Waals surface area contributed by atoms with Gasteiger partial charge < -0.3 is 10.1 Å². The Morgan fingerprint density at radius 2 is 1.87 bits per heavy atom. The van der Waals surface area contributed by atoms with Crippen LogP contribution in [0.4, 0.5) is 0 Å². The summed E-state index contributed by atoms with van der Waals surface area (Å²) in [6, 6.07) is 0.230. The molecule has 0 radical (unpaired) electrons. The zero-order valence-electron chi connectivity index (χ0n) is 14.6. The van der Waals surface area contributed by atoms with Crippen LogP contribution in [0.25, 0.3) is 0 Å². The third-order valence-electron chi connectivity index (χ3n) is 5.52. The summed E-state index contributed by atoms with van der Waals surface area (Å²) in [6.07, 6.45) is 9.86. The first-order valence-corrected chi connectivity index (χ1v) is 9.05. The molecule has 2 aliphatic rings. The molecule has 1 N–H and O–H groups in total. The van der Waals surface area contributed by atoms with Crippen molar-refractivity contribution in [2.45, 2.75) is 57.5 Å². The van der Waals surface area contributed by atoms with Crippen LogP contribution in [0.2, 0.25) is 0 Å². The topological polar surface area (TPSA) is 50.3 Å². The van der Waals surface area contributed by atoms with Gasteiger partial charge in [0.05, 0.1) is 11.4 Å². The van der Waals surface area contributed by atoms with Gasteiger partial charge in [0.15, 0.2) is 0 Å². The fourth-order valence-corrected chi connectivity index (χ4v) is 4.01. The predicted molar refractivity (Wildman–Crippen MR) is 91.4 cm³/mol. The molecule has 2 aliphatic heterocycles. The minimum absolute atomic E-state index is 0.230. The molecule has 1 aromatic heterocycles. The number of aromatic nitrogens is 2. The van der Waals surface area contributed by atoms with Crippen LogP contribution in [0.15, 0.2) is 12.4 Å². The largest absolute Gasteiger partial charge is 0.381 e. The molecule has 3 heterocycles. The van der Waals surface area contributed by atoms with E-state index in [-0.39, 0.29) is 11.6 Å². The molecule has 0 aromatic carbocycles. The van der Waals surface area contributed by atoms with Crippen LogP contribution in [0.5, 0.6) is 0 Å². The fourth-order valence-electron chi connectivity index (χ4n) is 4.01. The average molecular weight is 318 g/mol. The van der Waals surface area contributed by atoms with Crippen LogP contribution < -0.4 is 5.32 Å². The number of ether oxygens (including phenoxy) is 1. The molecule has 128 valence electrons. The highest BCUT2D eigenvalue weighted by atomic mass is 16.5. The summed E-state index contributed by atoms with van der Waals surface area (Å²) in [7, 11) is 0. The molecular formula is C18H30N4O. The van der Waals surface area contributed by atoms with Gasteiger partial charge in [0.2, 0.25) is 0 Å². The van der Waals surface area contributed by atoms with Crippen LogP contribution in [-0.4, -0.2) is 53.3 Å². The molecule has 0 aliphatic carbocycles. The summed E-state index contributed by atoms with van der Waals surface area (Å²) in [4.78, 5) is 11.6. The van der Waals surface area contributed by atoms with Crippen LogP contribution >= 0.6 is 0 Å². The Kier molecular flexibility index (Phi) is 5.62. The molecule has 2 fully saturated rings. The molecule has 3 rings (SSSR count). The van der Waals surface area contributed by atoms with Crippen molar-refractivity contribution in [3.63, 3.8) is 0 Å². The summed E-state index contributed by atoms with van der Waals surface area (Å²) < 4.78 is 5.65. The summed E-state index contributed by atoms with van der Waals surface area (Å²) in [5.41, 5.74) is 2.34. The van der Waals surface area contributed by atoms with Crippen LogP contribution in [-0.2, 0) is 4.74 Å². The zero-order valence-corrected chi connectivity index (χ0v) is 14.6. The van der Waals surface area contributed by atoms with E-state index in [2.05, 4.69) is 27.1 Å². The maximum Gasteiger partial charge on any atom is 0.0782 e. The van der Waals surface area contributed by atoms with E-state index in [1.54, 1.807) is 12.4 Å².